The highest BCUT2D eigenvalue weighted by Crippen LogP contribution is 2.53. The first kappa shape index (κ1) is 31.1. The molecule has 0 radical (unpaired) electrons. The molecule has 3 aromatic rings. The van der Waals surface area contributed by atoms with Crippen LogP contribution in [0.2, 0.25) is 0 Å². The molecule has 3 rings (SSSR count). The molecule has 0 aliphatic heterocycles. The summed E-state index contributed by atoms with van der Waals surface area (Å²) in [6, 6.07) is 24.2. The van der Waals surface area contributed by atoms with Gasteiger partial charge in [0.15, 0.2) is 0 Å². The van der Waals surface area contributed by atoms with Gasteiger partial charge in [-0.2, -0.15) is 0 Å². The molecule has 39 heavy (non-hydrogen) atoms. The summed E-state index contributed by atoms with van der Waals surface area (Å²) in [4.78, 5) is 4.87. The maximum absolute atomic E-state index is 6.75. The molecule has 3 aromatic carbocycles. The molecule has 3 heteroatoms. The fourth-order valence-electron chi connectivity index (χ4n) is 4.93. The van der Waals surface area contributed by atoms with Crippen LogP contribution >= 0.6 is 8.58 Å². The Kier molecular flexibility index (Phi) is 10.6. The molecule has 0 heterocycles. The first-order valence-corrected chi connectivity index (χ1v) is 15.6. The lowest BCUT2D eigenvalue weighted by atomic mass is 9.80. The standard InChI is InChI=1S/C36H50NOP/c1-10-12-22-36(11-2,39-32-21-17-16-20-29(32)25-37-35(7,8)9)31-24-30(34(4,5)6)23-27(3)33(31)38-26-28-18-14-13-15-19-28/h13-21,23-25,39H,10-12,22,26H2,1-9H3. The molecule has 210 valence electrons. The van der Waals surface area contributed by atoms with E-state index in [2.05, 4.69) is 135 Å². The predicted octanol–water partition coefficient (Wildman–Crippen LogP) is 9.89. The lowest BCUT2D eigenvalue weighted by Crippen LogP contribution is -2.26. The van der Waals surface area contributed by atoms with Crippen LogP contribution in [0.5, 0.6) is 5.75 Å². The molecule has 2 unspecified atom stereocenters. The van der Waals surface area contributed by atoms with Crippen molar-refractivity contribution in [2.24, 2.45) is 4.99 Å². The van der Waals surface area contributed by atoms with Gasteiger partial charge >= 0.3 is 0 Å². The van der Waals surface area contributed by atoms with Crippen molar-refractivity contribution in [2.45, 2.75) is 111 Å². The van der Waals surface area contributed by atoms with Crippen LogP contribution < -0.4 is 10.0 Å². The highest BCUT2D eigenvalue weighted by atomic mass is 31.1. The highest BCUT2D eigenvalue weighted by molar-refractivity contribution is 7.48. The average Bonchev–Trinajstić information content (AvgIpc) is 2.89. The van der Waals surface area contributed by atoms with Crippen LogP contribution in [0.4, 0.5) is 0 Å². The smallest absolute Gasteiger partial charge is 0.126 e. The quantitative estimate of drug-likeness (QED) is 0.174. The summed E-state index contributed by atoms with van der Waals surface area (Å²) in [6.45, 7) is 20.9. The van der Waals surface area contributed by atoms with Gasteiger partial charge in [0.1, 0.15) is 12.4 Å². The van der Waals surface area contributed by atoms with E-state index in [1.54, 1.807) is 0 Å². The van der Waals surface area contributed by atoms with Gasteiger partial charge in [-0.05, 0) is 73.5 Å². The second-order valence-electron chi connectivity index (χ2n) is 12.9. The summed E-state index contributed by atoms with van der Waals surface area (Å²) in [5.74, 6) is 1.07. The fourth-order valence-corrected chi connectivity index (χ4v) is 6.71. The number of unbranched alkanes of at least 4 members (excludes halogenated alkanes) is 1. The molecule has 0 spiro atoms. The third-order valence-electron chi connectivity index (χ3n) is 7.37. The van der Waals surface area contributed by atoms with Crippen molar-refractivity contribution < 1.29 is 4.74 Å². The molecular weight excluding hydrogens is 493 g/mol. The van der Waals surface area contributed by atoms with Crippen molar-refractivity contribution in [3.8, 4) is 5.75 Å². The summed E-state index contributed by atoms with van der Waals surface area (Å²) in [7, 11) is 0.617. The molecule has 0 saturated carbocycles. The monoisotopic (exact) mass is 543 g/mol. The summed E-state index contributed by atoms with van der Waals surface area (Å²) in [6.07, 6.45) is 6.66. The summed E-state index contributed by atoms with van der Waals surface area (Å²) >= 11 is 0. The Labute approximate surface area is 240 Å². The van der Waals surface area contributed by atoms with E-state index in [-0.39, 0.29) is 16.1 Å². The number of ether oxygens (including phenoxy) is 1. The Morgan fingerprint density at radius 2 is 1.54 bits per heavy atom. The summed E-state index contributed by atoms with van der Waals surface area (Å²) in [5, 5.41) is 1.37. The Hall–Kier alpha value is -2.44. The third-order valence-corrected chi connectivity index (χ3v) is 9.44. The molecule has 2 nitrogen and oxygen atoms in total. The van der Waals surface area contributed by atoms with E-state index in [1.165, 1.54) is 46.0 Å². The number of aliphatic imine (C=N–C) groups is 1. The first-order chi connectivity index (χ1) is 18.4. The zero-order valence-corrected chi connectivity index (χ0v) is 26.8. The van der Waals surface area contributed by atoms with Crippen molar-refractivity contribution in [3.63, 3.8) is 0 Å². The summed E-state index contributed by atoms with van der Waals surface area (Å²) in [5.41, 5.74) is 6.37. The molecule has 0 amide bonds. The van der Waals surface area contributed by atoms with Gasteiger partial charge in [-0.3, -0.25) is 4.99 Å². The number of benzene rings is 3. The number of hydrogen-bond donors (Lipinski definition) is 0. The third kappa shape index (κ3) is 8.52. The second kappa shape index (κ2) is 13.3. The fraction of sp³-hybridized carbons (Fsp3) is 0.472. The van der Waals surface area contributed by atoms with Gasteiger partial charge in [0.2, 0.25) is 0 Å². The van der Waals surface area contributed by atoms with E-state index in [9.17, 15) is 0 Å². The van der Waals surface area contributed by atoms with Gasteiger partial charge in [0, 0.05) is 16.9 Å². The van der Waals surface area contributed by atoms with Gasteiger partial charge in [-0.15, -0.1) is 0 Å². The van der Waals surface area contributed by atoms with Crippen LogP contribution in [-0.4, -0.2) is 11.8 Å². The van der Waals surface area contributed by atoms with Crippen LogP contribution in [0.3, 0.4) is 0 Å². The Bertz CT molecular complexity index is 1230. The van der Waals surface area contributed by atoms with Crippen LogP contribution in [-0.2, 0) is 17.2 Å². The molecule has 0 saturated heterocycles. The molecule has 0 fully saturated rings. The van der Waals surface area contributed by atoms with Crippen molar-refractivity contribution in [2.75, 3.05) is 0 Å². The van der Waals surface area contributed by atoms with E-state index in [4.69, 9.17) is 9.73 Å². The molecule has 0 aliphatic carbocycles. The SMILES string of the molecule is CCCCC(CC)(Pc1ccccc1C=NC(C)(C)C)c1cc(C(C)(C)C)cc(C)c1OCc1ccccc1. The minimum atomic E-state index is -0.100. The van der Waals surface area contributed by atoms with E-state index in [0.29, 0.717) is 15.2 Å². The van der Waals surface area contributed by atoms with Gasteiger partial charge in [0.25, 0.3) is 0 Å². The van der Waals surface area contributed by atoms with E-state index >= 15 is 0 Å². The zero-order chi connectivity index (χ0) is 28.7. The van der Waals surface area contributed by atoms with Crippen molar-refractivity contribution >= 4 is 20.1 Å². The molecule has 0 aliphatic rings. The maximum Gasteiger partial charge on any atom is 0.126 e. The van der Waals surface area contributed by atoms with Gasteiger partial charge in [-0.25, -0.2) is 0 Å². The highest BCUT2D eigenvalue weighted by Gasteiger charge is 2.35. The Morgan fingerprint density at radius 3 is 2.15 bits per heavy atom. The molecule has 0 aromatic heterocycles. The van der Waals surface area contributed by atoms with Gasteiger partial charge < -0.3 is 4.74 Å². The van der Waals surface area contributed by atoms with Crippen molar-refractivity contribution in [1.82, 2.24) is 0 Å². The molecular formula is C36H50NOP. The van der Waals surface area contributed by atoms with Gasteiger partial charge in [0.05, 0.1) is 5.54 Å². The van der Waals surface area contributed by atoms with E-state index in [0.717, 1.165) is 18.6 Å². The topological polar surface area (TPSA) is 21.6 Å². The second-order valence-corrected chi connectivity index (χ2v) is 14.6. The lowest BCUT2D eigenvalue weighted by molar-refractivity contribution is 0.295. The van der Waals surface area contributed by atoms with E-state index in [1.807, 2.05) is 0 Å². The molecule has 0 N–H and O–H groups in total. The minimum absolute atomic E-state index is 0.0142. The Morgan fingerprint density at radius 1 is 0.872 bits per heavy atom. The van der Waals surface area contributed by atoms with Crippen LogP contribution in [0.15, 0.2) is 71.7 Å². The van der Waals surface area contributed by atoms with Crippen LogP contribution in [0.25, 0.3) is 0 Å². The number of nitrogens with zero attached hydrogens (tertiary/aromatic N) is 1. The summed E-state index contributed by atoms with van der Waals surface area (Å²) < 4.78 is 6.75. The van der Waals surface area contributed by atoms with Crippen LogP contribution in [0.1, 0.15) is 109 Å². The van der Waals surface area contributed by atoms with Crippen molar-refractivity contribution in [3.05, 3.63) is 94.5 Å². The maximum atomic E-state index is 6.75. The zero-order valence-electron chi connectivity index (χ0n) is 25.8. The minimum Gasteiger partial charge on any atom is -0.488 e. The van der Waals surface area contributed by atoms with Crippen molar-refractivity contribution in [1.29, 1.82) is 0 Å². The average molecular weight is 544 g/mol. The molecule has 2 atom stereocenters. The first-order valence-electron chi connectivity index (χ1n) is 14.6. The largest absolute Gasteiger partial charge is 0.488 e. The van der Waals surface area contributed by atoms with Crippen LogP contribution in [0, 0.1) is 6.92 Å². The lowest BCUT2D eigenvalue weighted by Gasteiger charge is -2.37. The number of aryl methyl sites for hydroxylation is 1. The normalized spacial score (nSPS) is 14.3. The molecule has 0 bridgehead atoms. The number of rotatable bonds is 11. The Balaban J connectivity index is 2.19. The van der Waals surface area contributed by atoms with E-state index < -0.39 is 0 Å². The van der Waals surface area contributed by atoms with Gasteiger partial charge in [-0.1, -0.05) is 123 Å². The predicted molar refractivity (Wildman–Crippen MR) is 174 cm³/mol. The number of hydrogen-bond acceptors (Lipinski definition) is 2.